The zero-order valence-corrected chi connectivity index (χ0v) is 18.4. The van der Waals surface area contributed by atoms with Gasteiger partial charge in [-0.1, -0.05) is 67.9 Å². The largest absolute Gasteiger partial charge is 0.367 e. The number of halogens is 1. The fourth-order valence-electron chi connectivity index (χ4n) is 3.39. The van der Waals surface area contributed by atoms with Crippen LogP contribution in [-0.4, -0.2) is 28.5 Å². The monoisotopic (exact) mass is 424 g/mol. The third kappa shape index (κ3) is 6.75. The summed E-state index contributed by atoms with van der Waals surface area (Å²) in [7, 11) is 0. The van der Waals surface area contributed by atoms with Crippen molar-refractivity contribution in [2.75, 3.05) is 13.2 Å². The van der Waals surface area contributed by atoms with Crippen molar-refractivity contribution in [1.82, 2.24) is 9.47 Å². The number of hydrogen-bond acceptors (Lipinski definition) is 2. The molecule has 0 unspecified atom stereocenters. The molecule has 0 fully saturated rings. The van der Waals surface area contributed by atoms with Crippen molar-refractivity contribution in [3.63, 3.8) is 0 Å². The van der Waals surface area contributed by atoms with E-state index in [1.165, 1.54) is 0 Å². The second-order valence-electron chi connectivity index (χ2n) is 7.90. The Morgan fingerprint density at radius 3 is 2.53 bits per heavy atom. The molecule has 0 N–H and O–H groups in total. The quantitative estimate of drug-likeness (QED) is 0.437. The number of ether oxygens (including phenoxy) is 1. The Labute approximate surface area is 184 Å². The highest BCUT2D eigenvalue weighted by Crippen LogP contribution is 2.15. The Kier molecular flexibility index (Phi) is 8.12. The van der Waals surface area contributed by atoms with Gasteiger partial charge in [-0.3, -0.25) is 4.79 Å². The molecular weight excluding hydrogens is 396 g/mol. The van der Waals surface area contributed by atoms with Crippen LogP contribution in [0.1, 0.15) is 30.7 Å². The van der Waals surface area contributed by atoms with Gasteiger partial charge in [0, 0.05) is 30.0 Å². The first-order valence-electron chi connectivity index (χ1n) is 10.3. The molecule has 3 rings (SSSR count). The molecule has 5 heteroatoms. The number of hydrogen-bond donors (Lipinski definition) is 0. The molecule has 1 aromatic heterocycles. The first kappa shape index (κ1) is 22.1. The SMILES string of the molecule is CC(C)CN(Cc1cccn1Cc1cccc(Cl)c1)C(=O)COCc1ccccc1. The number of nitrogens with zero attached hydrogens (tertiary/aromatic N) is 2. The van der Waals surface area contributed by atoms with Crippen LogP contribution in [0.2, 0.25) is 5.02 Å². The lowest BCUT2D eigenvalue weighted by atomic mass is 10.2. The van der Waals surface area contributed by atoms with E-state index in [1.807, 2.05) is 65.7 Å². The summed E-state index contributed by atoms with van der Waals surface area (Å²) in [6.45, 7) is 6.72. The van der Waals surface area contributed by atoms with Crippen molar-refractivity contribution >= 4 is 17.5 Å². The van der Waals surface area contributed by atoms with E-state index < -0.39 is 0 Å². The van der Waals surface area contributed by atoms with Crippen molar-refractivity contribution in [1.29, 1.82) is 0 Å². The van der Waals surface area contributed by atoms with Crippen LogP contribution in [0.5, 0.6) is 0 Å². The molecule has 1 heterocycles. The van der Waals surface area contributed by atoms with Crippen LogP contribution in [0.15, 0.2) is 72.9 Å². The van der Waals surface area contributed by atoms with Gasteiger partial charge in [0.2, 0.25) is 5.91 Å². The minimum Gasteiger partial charge on any atom is -0.367 e. The molecule has 0 spiro atoms. The second kappa shape index (κ2) is 11.0. The van der Waals surface area contributed by atoms with Crippen LogP contribution in [0, 0.1) is 5.92 Å². The van der Waals surface area contributed by atoms with E-state index in [0.29, 0.717) is 25.6 Å². The zero-order valence-electron chi connectivity index (χ0n) is 17.6. The van der Waals surface area contributed by atoms with Gasteiger partial charge in [0.1, 0.15) is 6.61 Å². The van der Waals surface area contributed by atoms with Crippen LogP contribution >= 0.6 is 11.6 Å². The highest BCUT2D eigenvalue weighted by molar-refractivity contribution is 6.30. The van der Waals surface area contributed by atoms with Crippen molar-refractivity contribution < 1.29 is 9.53 Å². The number of carbonyl (C=O) groups is 1. The van der Waals surface area contributed by atoms with Crippen molar-refractivity contribution in [2.45, 2.75) is 33.5 Å². The Morgan fingerprint density at radius 2 is 1.80 bits per heavy atom. The lowest BCUT2D eigenvalue weighted by molar-refractivity contribution is -0.137. The topological polar surface area (TPSA) is 34.5 Å². The van der Waals surface area contributed by atoms with Crippen LogP contribution < -0.4 is 0 Å². The molecule has 0 saturated carbocycles. The molecule has 1 amide bonds. The standard InChI is InChI=1S/C25H29ClN2O2/c1-20(2)15-28(25(29)19-30-18-21-8-4-3-5-9-21)17-24-12-7-13-27(24)16-22-10-6-11-23(26)14-22/h3-14,20H,15-19H2,1-2H3. The molecule has 0 atom stereocenters. The molecule has 30 heavy (non-hydrogen) atoms. The maximum absolute atomic E-state index is 12.9. The summed E-state index contributed by atoms with van der Waals surface area (Å²) in [5.74, 6) is 0.384. The van der Waals surface area contributed by atoms with Crippen LogP contribution in [0.3, 0.4) is 0 Å². The second-order valence-corrected chi connectivity index (χ2v) is 8.34. The third-order valence-electron chi connectivity index (χ3n) is 4.79. The van der Waals surface area contributed by atoms with Crippen molar-refractivity contribution in [2.24, 2.45) is 5.92 Å². The van der Waals surface area contributed by atoms with Gasteiger partial charge in [-0.2, -0.15) is 0 Å². The predicted molar refractivity (Wildman–Crippen MR) is 121 cm³/mol. The number of amides is 1. The molecule has 0 aliphatic heterocycles. The summed E-state index contributed by atoms with van der Waals surface area (Å²) in [5.41, 5.74) is 3.29. The van der Waals surface area contributed by atoms with E-state index in [0.717, 1.165) is 28.4 Å². The summed E-state index contributed by atoms with van der Waals surface area (Å²) in [6.07, 6.45) is 2.04. The lowest BCUT2D eigenvalue weighted by Crippen LogP contribution is -2.37. The molecule has 0 radical (unpaired) electrons. The molecule has 0 aliphatic carbocycles. The summed E-state index contributed by atoms with van der Waals surface area (Å²) in [4.78, 5) is 14.8. The van der Waals surface area contributed by atoms with E-state index in [-0.39, 0.29) is 12.5 Å². The van der Waals surface area contributed by atoms with Gasteiger partial charge >= 0.3 is 0 Å². The molecule has 4 nitrogen and oxygen atoms in total. The Balaban J connectivity index is 1.63. The average molecular weight is 425 g/mol. The van der Waals surface area contributed by atoms with E-state index in [9.17, 15) is 4.79 Å². The average Bonchev–Trinajstić information content (AvgIpc) is 3.14. The third-order valence-corrected chi connectivity index (χ3v) is 5.03. The molecule has 0 saturated heterocycles. The number of benzene rings is 2. The van der Waals surface area contributed by atoms with Crippen LogP contribution in [0.25, 0.3) is 0 Å². The van der Waals surface area contributed by atoms with Gasteiger partial charge < -0.3 is 14.2 Å². The summed E-state index contributed by atoms with van der Waals surface area (Å²) < 4.78 is 7.85. The van der Waals surface area contributed by atoms with Crippen LogP contribution in [0.4, 0.5) is 0 Å². The molecule has 0 bridgehead atoms. The predicted octanol–water partition coefficient (Wildman–Crippen LogP) is 5.39. The maximum atomic E-state index is 12.9. The summed E-state index contributed by atoms with van der Waals surface area (Å²) in [6, 6.07) is 21.9. The minimum atomic E-state index is 0.00939. The molecule has 3 aromatic rings. The number of aromatic nitrogens is 1. The van der Waals surface area contributed by atoms with Crippen molar-refractivity contribution in [3.8, 4) is 0 Å². The van der Waals surface area contributed by atoms with Crippen molar-refractivity contribution in [3.05, 3.63) is 94.8 Å². The lowest BCUT2D eigenvalue weighted by Gasteiger charge is -2.25. The number of carbonyl (C=O) groups excluding carboxylic acids is 1. The van der Waals surface area contributed by atoms with Gasteiger partial charge in [-0.15, -0.1) is 0 Å². The van der Waals surface area contributed by atoms with Gasteiger partial charge in [0.15, 0.2) is 0 Å². The highest BCUT2D eigenvalue weighted by Gasteiger charge is 2.17. The molecule has 158 valence electrons. The van der Waals surface area contributed by atoms with Gasteiger partial charge in [-0.05, 0) is 41.3 Å². The minimum absolute atomic E-state index is 0.00939. The van der Waals surface area contributed by atoms with E-state index in [2.05, 4.69) is 30.5 Å². The Bertz CT molecular complexity index is 937. The molecular formula is C25H29ClN2O2. The van der Waals surface area contributed by atoms with E-state index in [1.54, 1.807) is 0 Å². The maximum Gasteiger partial charge on any atom is 0.248 e. The number of rotatable bonds is 10. The van der Waals surface area contributed by atoms with E-state index >= 15 is 0 Å². The van der Waals surface area contributed by atoms with Gasteiger partial charge in [0.05, 0.1) is 13.2 Å². The normalized spacial score (nSPS) is 11.1. The fourth-order valence-corrected chi connectivity index (χ4v) is 3.60. The Hall–Kier alpha value is -2.56. The van der Waals surface area contributed by atoms with Gasteiger partial charge in [-0.25, -0.2) is 0 Å². The first-order chi connectivity index (χ1) is 14.5. The van der Waals surface area contributed by atoms with Gasteiger partial charge in [0.25, 0.3) is 0 Å². The Morgan fingerprint density at radius 1 is 1.03 bits per heavy atom. The van der Waals surface area contributed by atoms with Crippen LogP contribution in [-0.2, 0) is 29.2 Å². The van der Waals surface area contributed by atoms with E-state index in [4.69, 9.17) is 16.3 Å². The highest BCUT2D eigenvalue weighted by atomic mass is 35.5. The summed E-state index contributed by atoms with van der Waals surface area (Å²) >= 11 is 6.12. The fraction of sp³-hybridized carbons (Fsp3) is 0.320. The zero-order chi connectivity index (χ0) is 21.3. The molecule has 2 aromatic carbocycles. The first-order valence-corrected chi connectivity index (χ1v) is 10.7. The summed E-state index contributed by atoms with van der Waals surface area (Å²) in [5, 5.41) is 0.730. The smallest absolute Gasteiger partial charge is 0.248 e. The molecule has 0 aliphatic rings.